The summed E-state index contributed by atoms with van der Waals surface area (Å²) < 4.78 is 0. The lowest BCUT2D eigenvalue weighted by Crippen LogP contribution is -2.57. The van der Waals surface area contributed by atoms with E-state index in [9.17, 15) is 19.7 Å². The highest BCUT2D eigenvalue weighted by Gasteiger charge is 2.33. The summed E-state index contributed by atoms with van der Waals surface area (Å²) in [6, 6.07) is 5.99. The minimum atomic E-state index is -0.533. The quantitative estimate of drug-likeness (QED) is 0.647. The molecule has 1 N–H and O–H groups in total. The summed E-state index contributed by atoms with van der Waals surface area (Å²) >= 11 is 0. The van der Waals surface area contributed by atoms with Crippen LogP contribution < -0.4 is 5.32 Å². The van der Waals surface area contributed by atoms with Crippen LogP contribution in [0.25, 0.3) is 0 Å². The summed E-state index contributed by atoms with van der Waals surface area (Å²) in [6.07, 6.45) is 1.64. The van der Waals surface area contributed by atoms with E-state index >= 15 is 0 Å². The average molecular weight is 332 g/mol. The Morgan fingerprint density at radius 1 is 1.29 bits per heavy atom. The van der Waals surface area contributed by atoms with Crippen molar-refractivity contribution < 1.29 is 14.5 Å². The molecule has 1 unspecified atom stereocenters. The minimum absolute atomic E-state index is 0.0138. The Morgan fingerprint density at radius 2 is 2.08 bits per heavy atom. The summed E-state index contributed by atoms with van der Waals surface area (Å²) in [4.78, 5) is 38.9. The molecule has 24 heavy (non-hydrogen) atoms. The number of piperidine rings is 1. The van der Waals surface area contributed by atoms with Gasteiger partial charge in [-0.05, 0) is 18.9 Å². The zero-order valence-electron chi connectivity index (χ0n) is 13.3. The van der Waals surface area contributed by atoms with Gasteiger partial charge in [0, 0.05) is 38.3 Å². The topological polar surface area (TPSA) is 95.8 Å². The molecule has 2 heterocycles. The number of nitro groups is 1. The molecule has 0 saturated carbocycles. The highest BCUT2D eigenvalue weighted by molar-refractivity contribution is 5.98. The Labute approximate surface area is 139 Å². The van der Waals surface area contributed by atoms with Crippen molar-refractivity contribution in [3.63, 3.8) is 0 Å². The number of carbonyl (C=O) groups is 2. The number of hydrogen-bond acceptors (Lipinski definition) is 5. The van der Waals surface area contributed by atoms with E-state index in [0.717, 1.165) is 19.4 Å². The normalized spacial score (nSPS) is 21.7. The Kier molecular flexibility index (Phi) is 4.75. The van der Waals surface area contributed by atoms with E-state index in [1.165, 1.54) is 12.1 Å². The summed E-state index contributed by atoms with van der Waals surface area (Å²) in [6.45, 7) is 2.70. The first-order chi connectivity index (χ1) is 11.6. The van der Waals surface area contributed by atoms with Gasteiger partial charge in [0.25, 0.3) is 11.6 Å². The molecule has 2 saturated heterocycles. The summed E-state index contributed by atoms with van der Waals surface area (Å²) in [5, 5.41) is 14.2. The molecule has 2 aliphatic heterocycles. The molecular formula is C16H20N4O4. The highest BCUT2D eigenvalue weighted by Crippen LogP contribution is 2.23. The van der Waals surface area contributed by atoms with Crippen LogP contribution in [-0.4, -0.2) is 65.3 Å². The van der Waals surface area contributed by atoms with Crippen LogP contribution >= 0.6 is 0 Å². The van der Waals surface area contributed by atoms with Crippen LogP contribution in [0.2, 0.25) is 0 Å². The van der Waals surface area contributed by atoms with Crippen LogP contribution in [0.3, 0.4) is 0 Å². The number of nitro benzene ring substituents is 1. The summed E-state index contributed by atoms with van der Waals surface area (Å²) in [5.74, 6) is -0.291. The number of para-hydroxylation sites is 1. The van der Waals surface area contributed by atoms with Crippen molar-refractivity contribution in [2.45, 2.75) is 18.9 Å². The highest BCUT2D eigenvalue weighted by atomic mass is 16.6. The molecule has 0 bridgehead atoms. The number of benzene rings is 1. The third-order valence-electron chi connectivity index (χ3n) is 4.58. The fourth-order valence-corrected chi connectivity index (χ4v) is 3.38. The molecule has 8 heteroatoms. The van der Waals surface area contributed by atoms with E-state index in [4.69, 9.17) is 0 Å². The van der Waals surface area contributed by atoms with Gasteiger partial charge >= 0.3 is 0 Å². The van der Waals surface area contributed by atoms with E-state index in [2.05, 4.69) is 5.32 Å². The summed E-state index contributed by atoms with van der Waals surface area (Å²) in [7, 11) is 0. The number of nitrogens with one attached hydrogen (secondary N) is 1. The van der Waals surface area contributed by atoms with Crippen LogP contribution in [0.4, 0.5) is 5.69 Å². The molecule has 8 nitrogen and oxygen atoms in total. The van der Waals surface area contributed by atoms with Crippen molar-refractivity contribution in [2.24, 2.45) is 0 Å². The Hall–Kier alpha value is -2.48. The molecule has 1 atom stereocenters. The van der Waals surface area contributed by atoms with E-state index in [1.807, 2.05) is 4.90 Å². The van der Waals surface area contributed by atoms with Crippen molar-refractivity contribution in [1.29, 1.82) is 0 Å². The first-order valence-electron chi connectivity index (χ1n) is 8.11. The first-order valence-corrected chi connectivity index (χ1v) is 8.11. The van der Waals surface area contributed by atoms with E-state index in [0.29, 0.717) is 26.2 Å². The molecule has 0 aliphatic carbocycles. The first kappa shape index (κ1) is 16.4. The molecule has 2 aliphatic rings. The number of rotatable bonds is 3. The molecule has 1 aromatic carbocycles. The summed E-state index contributed by atoms with van der Waals surface area (Å²) in [5.41, 5.74) is -0.0716. The van der Waals surface area contributed by atoms with Gasteiger partial charge in [0.05, 0.1) is 11.5 Å². The lowest BCUT2D eigenvalue weighted by Gasteiger charge is -2.41. The number of hydrogen-bond donors (Lipinski definition) is 1. The van der Waals surface area contributed by atoms with Crippen LogP contribution in [0.1, 0.15) is 23.2 Å². The van der Waals surface area contributed by atoms with E-state index < -0.39 is 4.92 Å². The van der Waals surface area contributed by atoms with Gasteiger partial charge < -0.3 is 15.1 Å². The fraction of sp³-hybridized carbons (Fsp3) is 0.500. The number of nitrogens with zero attached hydrogens (tertiary/aromatic N) is 3. The van der Waals surface area contributed by atoms with Crippen LogP contribution in [-0.2, 0) is 4.79 Å². The molecule has 128 valence electrons. The second kappa shape index (κ2) is 6.96. The maximum Gasteiger partial charge on any atom is 0.282 e. The van der Waals surface area contributed by atoms with Gasteiger partial charge in [0.1, 0.15) is 5.56 Å². The number of piperazine rings is 1. The van der Waals surface area contributed by atoms with E-state index in [1.54, 1.807) is 17.0 Å². The van der Waals surface area contributed by atoms with Crippen LogP contribution in [0.5, 0.6) is 0 Å². The molecule has 0 radical (unpaired) electrons. The minimum Gasteiger partial charge on any atom is -0.336 e. The van der Waals surface area contributed by atoms with Crippen LogP contribution in [0, 0.1) is 10.1 Å². The number of likely N-dealkylation sites (tertiary alicyclic amines) is 1. The lowest BCUT2D eigenvalue weighted by atomic mass is 10.0. The van der Waals surface area contributed by atoms with Crippen molar-refractivity contribution >= 4 is 17.5 Å². The standard InChI is InChI=1S/C16H20N4O4/c21-15-10-17-7-9-19(15)12-4-3-8-18(11-12)16(22)13-5-1-2-6-14(13)20(23)24/h1-2,5-6,12,17H,3-4,7-11H2. The second-order valence-electron chi connectivity index (χ2n) is 6.09. The molecule has 0 spiro atoms. The number of amides is 2. The Balaban J connectivity index is 1.76. The zero-order valence-corrected chi connectivity index (χ0v) is 13.3. The van der Waals surface area contributed by atoms with Crippen LogP contribution in [0.15, 0.2) is 24.3 Å². The van der Waals surface area contributed by atoms with Crippen molar-refractivity contribution in [3.8, 4) is 0 Å². The largest absolute Gasteiger partial charge is 0.336 e. The van der Waals surface area contributed by atoms with Gasteiger partial charge in [-0.3, -0.25) is 19.7 Å². The van der Waals surface area contributed by atoms with Gasteiger partial charge in [-0.2, -0.15) is 0 Å². The third kappa shape index (κ3) is 3.23. The Morgan fingerprint density at radius 3 is 2.83 bits per heavy atom. The number of carbonyl (C=O) groups excluding carboxylic acids is 2. The Bertz CT molecular complexity index is 663. The maximum absolute atomic E-state index is 12.7. The van der Waals surface area contributed by atoms with Crippen molar-refractivity contribution in [3.05, 3.63) is 39.9 Å². The predicted molar refractivity (Wildman–Crippen MR) is 86.6 cm³/mol. The van der Waals surface area contributed by atoms with Gasteiger partial charge in [0.2, 0.25) is 5.91 Å². The molecule has 1 aromatic rings. The average Bonchev–Trinajstić information content (AvgIpc) is 2.61. The monoisotopic (exact) mass is 332 g/mol. The lowest BCUT2D eigenvalue weighted by molar-refractivity contribution is -0.385. The van der Waals surface area contributed by atoms with Gasteiger partial charge in [-0.1, -0.05) is 12.1 Å². The second-order valence-corrected chi connectivity index (χ2v) is 6.09. The van der Waals surface area contributed by atoms with Gasteiger partial charge in [0.15, 0.2) is 0 Å². The third-order valence-corrected chi connectivity index (χ3v) is 4.58. The smallest absolute Gasteiger partial charge is 0.282 e. The molecule has 0 aromatic heterocycles. The van der Waals surface area contributed by atoms with Gasteiger partial charge in [-0.15, -0.1) is 0 Å². The van der Waals surface area contributed by atoms with Gasteiger partial charge in [-0.25, -0.2) is 0 Å². The molecule has 3 rings (SSSR count). The van der Waals surface area contributed by atoms with Crippen molar-refractivity contribution in [2.75, 3.05) is 32.7 Å². The predicted octanol–water partition coefficient (Wildman–Crippen LogP) is 0.631. The SMILES string of the molecule is O=C(c1ccccc1[N+](=O)[O-])N1CCCC(N2CCNCC2=O)C1. The maximum atomic E-state index is 12.7. The molecule has 2 amide bonds. The molecular weight excluding hydrogens is 312 g/mol. The van der Waals surface area contributed by atoms with E-state index in [-0.39, 0.29) is 29.1 Å². The zero-order chi connectivity index (χ0) is 17.1. The fourth-order valence-electron chi connectivity index (χ4n) is 3.38. The molecule has 2 fully saturated rings. The van der Waals surface area contributed by atoms with Crippen molar-refractivity contribution in [1.82, 2.24) is 15.1 Å².